The maximum absolute atomic E-state index is 13.4. The second-order valence-electron chi connectivity index (χ2n) is 7.21. The molecular formula is C23H24N4O2S. The molecular weight excluding hydrogens is 396 g/mol. The highest BCUT2D eigenvalue weighted by Gasteiger charge is 2.23. The van der Waals surface area contributed by atoms with Crippen LogP contribution in [0.1, 0.15) is 28.4 Å². The van der Waals surface area contributed by atoms with Crippen LogP contribution in [0.15, 0.2) is 42.5 Å². The minimum absolute atomic E-state index is 0.0927. The van der Waals surface area contributed by atoms with E-state index in [9.17, 15) is 4.79 Å². The highest BCUT2D eigenvalue weighted by molar-refractivity contribution is 7.22. The van der Waals surface area contributed by atoms with Crippen molar-refractivity contribution in [3.05, 3.63) is 59.2 Å². The van der Waals surface area contributed by atoms with Gasteiger partial charge in [0.25, 0.3) is 5.91 Å². The largest absolute Gasteiger partial charge is 0.379 e. The number of hydrogen-bond donors (Lipinski definition) is 0. The second-order valence-corrected chi connectivity index (χ2v) is 8.22. The SMILES string of the molecule is CCc1cccc2sc(N(CCN3CCOCC3)C(=O)c3ccc(C#N)cc3)nc12. The quantitative estimate of drug-likeness (QED) is 0.608. The van der Waals surface area contributed by atoms with Gasteiger partial charge in [-0.15, -0.1) is 0 Å². The van der Waals surface area contributed by atoms with Crippen LogP contribution in [0.5, 0.6) is 0 Å². The molecule has 0 aliphatic carbocycles. The third kappa shape index (κ3) is 4.36. The first-order valence-corrected chi connectivity index (χ1v) is 11.0. The summed E-state index contributed by atoms with van der Waals surface area (Å²) in [5.41, 5.74) is 3.27. The highest BCUT2D eigenvalue weighted by atomic mass is 32.1. The Hall–Kier alpha value is -2.79. The van der Waals surface area contributed by atoms with Crippen LogP contribution in [-0.4, -0.2) is 55.2 Å². The standard InChI is InChI=1S/C23H24N4O2S/c1-2-18-4-3-5-20-21(18)25-23(30-20)27(11-10-26-12-14-29-15-13-26)22(28)19-8-6-17(16-24)7-9-19/h3-9H,2,10-15H2,1H3. The Morgan fingerprint density at radius 3 is 2.70 bits per heavy atom. The number of nitrogens with zero attached hydrogens (tertiary/aromatic N) is 4. The van der Waals surface area contributed by atoms with Crippen molar-refractivity contribution in [1.82, 2.24) is 9.88 Å². The van der Waals surface area contributed by atoms with Gasteiger partial charge < -0.3 is 4.74 Å². The third-order valence-electron chi connectivity index (χ3n) is 5.35. The minimum Gasteiger partial charge on any atom is -0.379 e. The maximum Gasteiger partial charge on any atom is 0.260 e. The van der Waals surface area contributed by atoms with Crippen molar-refractivity contribution in [2.75, 3.05) is 44.3 Å². The first-order valence-electron chi connectivity index (χ1n) is 10.2. The topological polar surface area (TPSA) is 69.5 Å². The number of nitriles is 1. The van der Waals surface area contributed by atoms with Crippen LogP contribution >= 0.6 is 11.3 Å². The van der Waals surface area contributed by atoms with Gasteiger partial charge in [-0.25, -0.2) is 4.98 Å². The predicted molar refractivity (Wildman–Crippen MR) is 119 cm³/mol. The normalized spacial score (nSPS) is 14.5. The van der Waals surface area contributed by atoms with E-state index in [0.29, 0.717) is 22.8 Å². The van der Waals surface area contributed by atoms with Crippen LogP contribution in [-0.2, 0) is 11.2 Å². The number of hydrogen-bond acceptors (Lipinski definition) is 6. The van der Waals surface area contributed by atoms with Crippen LogP contribution < -0.4 is 4.90 Å². The highest BCUT2D eigenvalue weighted by Crippen LogP contribution is 2.32. The Labute approximate surface area is 180 Å². The average Bonchev–Trinajstić information content (AvgIpc) is 3.24. The van der Waals surface area contributed by atoms with Gasteiger partial charge in [-0.2, -0.15) is 5.26 Å². The van der Waals surface area contributed by atoms with E-state index >= 15 is 0 Å². The minimum atomic E-state index is -0.0927. The van der Waals surface area contributed by atoms with E-state index in [2.05, 4.69) is 30.0 Å². The molecule has 1 fully saturated rings. The summed E-state index contributed by atoms with van der Waals surface area (Å²) in [6.07, 6.45) is 0.901. The fourth-order valence-corrected chi connectivity index (χ4v) is 4.63. The van der Waals surface area contributed by atoms with Gasteiger partial charge in [0.1, 0.15) is 0 Å². The van der Waals surface area contributed by atoms with Gasteiger partial charge in [0.2, 0.25) is 0 Å². The van der Waals surface area contributed by atoms with Crippen molar-refractivity contribution in [2.24, 2.45) is 0 Å². The van der Waals surface area contributed by atoms with Crippen molar-refractivity contribution < 1.29 is 9.53 Å². The molecule has 30 heavy (non-hydrogen) atoms. The Bertz CT molecular complexity index is 1060. The van der Waals surface area contributed by atoms with E-state index in [-0.39, 0.29) is 5.91 Å². The molecule has 2 aromatic carbocycles. The molecule has 2 heterocycles. The molecule has 0 unspecified atom stereocenters. The van der Waals surface area contributed by atoms with E-state index in [4.69, 9.17) is 15.0 Å². The van der Waals surface area contributed by atoms with Crippen LogP contribution in [0.25, 0.3) is 10.2 Å². The first kappa shape index (κ1) is 20.5. The number of thiazole rings is 1. The van der Waals surface area contributed by atoms with Crippen LogP contribution in [0.3, 0.4) is 0 Å². The van der Waals surface area contributed by atoms with Crippen molar-refractivity contribution in [2.45, 2.75) is 13.3 Å². The molecule has 1 aliphatic heterocycles. The summed E-state index contributed by atoms with van der Waals surface area (Å²) in [5.74, 6) is -0.0927. The van der Waals surface area contributed by atoms with Gasteiger partial charge in [0, 0.05) is 31.7 Å². The smallest absolute Gasteiger partial charge is 0.260 e. The van der Waals surface area contributed by atoms with Crippen LogP contribution in [0, 0.1) is 11.3 Å². The lowest BCUT2D eigenvalue weighted by Crippen LogP contribution is -2.43. The molecule has 0 bridgehead atoms. The molecule has 7 heteroatoms. The molecule has 0 saturated carbocycles. The Morgan fingerprint density at radius 1 is 1.23 bits per heavy atom. The fourth-order valence-electron chi connectivity index (χ4n) is 3.59. The summed E-state index contributed by atoms with van der Waals surface area (Å²) in [6.45, 7) is 6.64. The average molecular weight is 421 g/mol. The number of ether oxygens (including phenoxy) is 1. The Balaban J connectivity index is 1.65. The molecule has 0 spiro atoms. The van der Waals surface area contributed by atoms with E-state index < -0.39 is 0 Å². The van der Waals surface area contributed by atoms with Crippen molar-refractivity contribution >= 4 is 32.6 Å². The molecule has 0 radical (unpaired) electrons. The number of fused-ring (bicyclic) bond motifs is 1. The zero-order valence-corrected chi connectivity index (χ0v) is 17.8. The monoisotopic (exact) mass is 420 g/mol. The van der Waals surface area contributed by atoms with E-state index in [1.165, 1.54) is 5.56 Å². The number of carbonyl (C=O) groups is 1. The van der Waals surface area contributed by atoms with Gasteiger partial charge in [-0.1, -0.05) is 30.4 Å². The molecule has 0 atom stereocenters. The van der Waals surface area contributed by atoms with E-state index in [1.807, 2.05) is 6.07 Å². The van der Waals surface area contributed by atoms with E-state index in [0.717, 1.165) is 49.5 Å². The summed E-state index contributed by atoms with van der Waals surface area (Å²) in [6, 6.07) is 15.1. The van der Waals surface area contributed by atoms with Gasteiger partial charge in [0.15, 0.2) is 5.13 Å². The number of aryl methyl sites for hydroxylation is 1. The van der Waals surface area contributed by atoms with Gasteiger partial charge >= 0.3 is 0 Å². The summed E-state index contributed by atoms with van der Waals surface area (Å²) < 4.78 is 6.53. The molecule has 1 aliphatic rings. The first-order chi connectivity index (χ1) is 14.7. The fraction of sp³-hybridized carbons (Fsp3) is 0.348. The van der Waals surface area contributed by atoms with Crippen LogP contribution in [0.4, 0.5) is 5.13 Å². The Morgan fingerprint density at radius 2 is 2.00 bits per heavy atom. The predicted octanol–water partition coefficient (Wildman–Crippen LogP) is 3.71. The number of rotatable bonds is 6. The summed E-state index contributed by atoms with van der Waals surface area (Å²) >= 11 is 1.55. The lowest BCUT2D eigenvalue weighted by Gasteiger charge is -2.29. The molecule has 1 saturated heterocycles. The molecule has 0 N–H and O–H groups in total. The molecule has 6 nitrogen and oxygen atoms in total. The summed E-state index contributed by atoms with van der Waals surface area (Å²) in [5, 5.41) is 9.76. The van der Waals surface area contributed by atoms with Gasteiger partial charge in [-0.05, 0) is 42.3 Å². The van der Waals surface area contributed by atoms with Gasteiger partial charge in [-0.3, -0.25) is 14.6 Å². The number of carbonyl (C=O) groups excluding carboxylic acids is 1. The lowest BCUT2D eigenvalue weighted by atomic mass is 10.1. The number of morpholine rings is 1. The number of benzene rings is 2. The Kier molecular flexibility index (Phi) is 6.38. The van der Waals surface area contributed by atoms with Crippen molar-refractivity contribution in [3.63, 3.8) is 0 Å². The molecule has 154 valence electrons. The number of anilines is 1. The van der Waals surface area contributed by atoms with E-state index in [1.54, 1.807) is 40.5 Å². The zero-order chi connectivity index (χ0) is 20.9. The summed E-state index contributed by atoms with van der Waals surface area (Å²) in [7, 11) is 0. The maximum atomic E-state index is 13.4. The van der Waals surface area contributed by atoms with Gasteiger partial charge in [0.05, 0.1) is 35.1 Å². The number of amides is 1. The molecule has 3 aromatic rings. The zero-order valence-electron chi connectivity index (χ0n) is 17.0. The summed E-state index contributed by atoms with van der Waals surface area (Å²) in [4.78, 5) is 22.4. The molecule has 4 rings (SSSR count). The second kappa shape index (κ2) is 9.35. The van der Waals surface area contributed by atoms with Crippen molar-refractivity contribution in [3.8, 4) is 6.07 Å². The third-order valence-corrected chi connectivity index (χ3v) is 6.40. The number of para-hydroxylation sites is 1. The molecule has 1 amide bonds. The van der Waals surface area contributed by atoms with Crippen molar-refractivity contribution in [1.29, 1.82) is 5.26 Å². The lowest BCUT2D eigenvalue weighted by molar-refractivity contribution is 0.0391. The molecule has 1 aromatic heterocycles. The van der Waals surface area contributed by atoms with Crippen LogP contribution in [0.2, 0.25) is 0 Å². The number of aromatic nitrogens is 1.